The van der Waals surface area contributed by atoms with Gasteiger partial charge < -0.3 is 18.3 Å². The normalized spacial score (nSPS) is 11.8. The molecule has 0 radical (unpaired) electrons. The molecule has 2 heterocycles. The predicted octanol–water partition coefficient (Wildman–Crippen LogP) is 6.50. The number of nitrogens with zero attached hydrogens (tertiary/aromatic N) is 4. The Bertz CT molecular complexity index is 1510. The number of carbonyl (C=O) groups is 1. The standard InChI is InChI=1S/C32H40N4O5/c1-10-38-31(37)32(8,9)41-29-21(4)13-25(14-22(29)5)16-36(18-28-35-34-24(7)40-28)17-27-23(6)39-30(33-27)26-12-11-19(2)20(3)15-26/h11-15H,10,16-18H2,1-9H3. The lowest BCUT2D eigenvalue weighted by Gasteiger charge is -2.27. The number of carbonyl (C=O) groups excluding carboxylic acids is 1. The molecule has 0 atom stereocenters. The fourth-order valence-corrected chi connectivity index (χ4v) is 4.70. The monoisotopic (exact) mass is 560 g/mol. The van der Waals surface area contributed by atoms with Gasteiger partial charge in [-0.1, -0.05) is 18.2 Å². The lowest BCUT2D eigenvalue weighted by Crippen LogP contribution is -2.40. The van der Waals surface area contributed by atoms with Gasteiger partial charge in [0, 0.05) is 25.6 Å². The van der Waals surface area contributed by atoms with Gasteiger partial charge in [-0.2, -0.15) is 0 Å². The molecule has 9 nitrogen and oxygen atoms in total. The van der Waals surface area contributed by atoms with Crippen molar-refractivity contribution in [1.82, 2.24) is 20.1 Å². The summed E-state index contributed by atoms with van der Waals surface area (Å²) >= 11 is 0. The first-order valence-corrected chi connectivity index (χ1v) is 13.9. The predicted molar refractivity (Wildman–Crippen MR) is 155 cm³/mol. The third-order valence-electron chi connectivity index (χ3n) is 7.00. The van der Waals surface area contributed by atoms with Gasteiger partial charge in [-0.15, -0.1) is 10.2 Å². The van der Waals surface area contributed by atoms with Crippen LogP contribution in [0.5, 0.6) is 5.75 Å². The molecule has 4 rings (SSSR count). The van der Waals surface area contributed by atoms with E-state index in [1.807, 2.05) is 26.8 Å². The van der Waals surface area contributed by atoms with E-state index in [4.69, 9.17) is 23.3 Å². The molecule has 218 valence electrons. The quantitative estimate of drug-likeness (QED) is 0.190. The Labute approximate surface area is 241 Å². The van der Waals surface area contributed by atoms with Crippen LogP contribution in [0, 0.1) is 41.5 Å². The van der Waals surface area contributed by atoms with Crippen molar-refractivity contribution in [3.63, 3.8) is 0 Å². The van der Waals surface area contributed by atoms with Gasteiger partial charge >= 0.3 is 5.97 Å². The maximum atomic E-state index is 12.4. The summed E-state index contributed by atoms with van der Waals surface area (Å²) in [5.41, 5.74) is 6.05. The Balaban J connectivity index is 1.59. The van der Waals surface area contributed by atoms with Crippen molar-refractivity contribution in [3.8, 4) is 17.2 Å². The topological polar surface area (TPSA) is 104 Å². The van der Waals surface area contributed by atoms with Crippen LogP contribution in [-0.2, 0) is 29.2 Å². The van der Waals surface area contributed by atoms with Gasteiger partial charge in [-0.3, -0.25) is 4.90 Å². The number of hydrogen-bond acceptors (Lipinski definition) is 9. The molecular weight excluding hydrogens is 520 g/mol. The smallest absolute Gasteiger partial charge is 0.349 e. The van der Waals surface area contributed by atoms with E-state index in [1.165, 1.54) is 11.1 Å². The lowest BCUT2D eigenvalue weighted by molar-refractivity contribution is -0.158. The van der Waals surface area contributed by atoms with Crippen molar-refractivity contribution in [2.75, 3.05) is 6.61 Å². The van der Waals surface area contributed by atoms with E-state index in [1.54, 1.807) is 27.7 Å². The summed E-state index contributed by atoms with van der Waals surface area (Å²) in [5.74, 6) is 2.70. The Hall–Kier alpha value is -3.98. The summed E-state index contributed by atoms with van der Waals surface area (Å²) in [5, 5.41) is 8.22. The fraction of sp³-hybridized carbons (Fsp3) is 0.438. The van der Waals surface area contributed by atoms with Gasteiger partial charge in [0.1, 0.15) is 11.5 Å². The molecule has 0 aliphatic carbocycles. The highest BCUT2D eigenvalue weighted by Gasteiger charge is 2.32. The van der Waals surface area contributed by atoms with E-state index in [0.717, 1.165) is 33.7 Å². The molecule has 2 aromatic heterocycles. The van der Waals surface area contributed by atoms with Crippen molar-refractivity contribution in [2.45, 2.75) is 87.5 Å². The second kappa shape index (κ2) is 12.3. The molecule has 0 saturated heterocycles. The summed E-state index contributed by atoms with van der Waals surface area (Å²) in [6.07, 6.45) is 0. The second-order valence-corrected chi connectivity index (χ2v) is 11.1. The Kier molecular flexibility index (Phi) is 8.97. The highest BCUT2D eigenvalue weighted by molar-refractivity contribution is 5.79. The summed E-state index contributed by atoms with van der Waals surface area (Å²) in [6, 6.07) is 10.4. The molecule has 0 unspecified atom stereocenters. The Morgan fingerprint density at radius 3 is 2.20 bits per heavy atom. The van der Waals surface area contributed by atoms with E-state index in [-0.39, 0.29) is 0 Å². The molecule has 0 spiro atoms. The summed E-state index contributed by atoms with van der Waals surface area (Å²) in [7, 11) is 0. The Morgan fingerprint density at radius 1 is 0.878 bits per heavy atom. The number of ether oxygens (including phenoxy) is 2. The van der Waals surface area contributed by atoms with Crippen LogP contribution in [0.2, 0.25) is 0 Å². The second-order valence-electron chi connectivity index (χ2n) is 11.1. The van der Waals surface area contributed by atoms with Gasteiger partial charge in [-0.05, 0) is 95.3 Å². The van der Waals surface area contributed by atoms with Crippen molar-refractivity contribution in [1.29, 1.82) is 0 Å². The largest absolute Gasteiger partial charge is 0.476 e. The zero-order valence-electron chi connectivity index (χ0n) is 25.5. The summed E-state index contributed by atoms with van der Waals surface area (Å²) in [4.78, 5) is 19.5. The molecule has 4 aromatic rings. The van der Waals surface area contributed by atoms with E-state index in [2.05, 4.69) is 53.2 Å². The summed E-state index contributed by atoms with van der Waals surface area (Å²) in [6.45, 7) is 18.9. The number of aryl methyl sites for hydroxylation is 6. The van der Waals surface area contributed by atoms with E-state index >= 15 is 0 Å². The average molecular weight is 561 g/mol. The van der Waals surface area contributed by atoms with Crippen LogP contribution < -0.4 is 4.74 Å². The summed E-state index contributed by atoms with van der Waals surface area (Å²) < 4.78 is 23.2. The number of esters is 1. The van der Waals surface area contributed by atoms with Crippen molar-refractivity contribution < 1.29 is 23.1 Å². The highest BCUT2D eigenvalue weighted by Crippen LogP contribution is 2.31. The van der Waals surface area contributed by atoms with Crippen molar-refractivity contribution in [2.24, 2.45) is 0 Å². The molecule has 9 heteroatoms. The molecule has 0 aliphatic heterocycles. The molecule has 0 saturated carbocycles. The molecular formula is C32H40N4O5. The maximum absolute atomic E-state index is 12.4. The first-order chi connectivity index (χ1) is 19.4. The van der Waals surface area contributed by atoms with Crippen LogP contribution in [0.25, 0.3) is 11.5 Å². The van der Waals surface area contributed by atoms with Crippen molar-refractivity contribution in [3.05, 3.63) is 81.4 Å². The van der Waals surface area contributed by atoms with E-state index < -0.39 is 11.6 Å². The van der Waals surface area contributed by atoms with Gasteiger partial charge in [0.05, 0.1) is 18.8 Å². The number of aromatic nitrogens is 3. The van der Waals surface area contributed by atoms with E-state index in [0.29, 0.717) is 49.7 Å². The molecule has 41 heavy (non-hydrogen) atoms. The highest BCUT2D eigenvalue weighted by atomic mass is 16.6. The zero-order valence-corrected chi connectivity index (χ0v) is 25.5. The minimum absolute atomic E-state index is 0.301. The Morgan fingerprint density at radius 2 is 1.59 bits per heavy atom. The van der Waals surface area contributed by atoms with Crippen LogP contribution in [0.15, 0.2) is 39.2 Å². The molecule has 2 aromatic carbocycles. The van der Waals surface area contributed by atoms with Crippen LogP contribution in [0.4, 0.5) is 0 Å². The fourth-order valence-electron chi connectivity index (χ4n) is 4.70. The zero-order chi connectivity index (χ0) is 29.9. The minimum atomic E-state index is -1.10. The van der Waals surface area contributed by atoms with E-state index in [9.17, 15) is 4.79 Å². The van der Waals surface area contributed by atoms with Gasteiger partial charge in [-0.25, -0.2) is 9.78 Å². The number of rotatable bonds is 11. The van der Waals surface area contributed by atoms with Crippen LogP contribution >= 0.6 is 0 Å². The van der Waals surface area contributed by atoms with Crippen LogP contribution in [0.1, 0.15) is 71.8 Å². The minimum Gasteiger partial charge on any atom is -0.476 e. The molecule has 0 N–H and O–H groups in total. The van der Waals surface area contributed by atoms with Crippen LogP contribution in [0.3, 0.4) is 0 Å². The molecule has 0 bridgehead atoms. The first kappa shape index (κ1) is 30.0. The van der Waals surface area contributed by atoms with Crippen LogP contribution in [-0.4, -0.2) is 38.3 Å². The molecule has 0 aliphatic rings. The molecule has 0 fully saturated rings. The number of benzene rings is 2. The van der Waals surface area contributed by atoms with Crippen molar-refractivity contribution >= 4 is 5.97 Å². The lowest BCUT2D eigenvalue weighted by atomic mass is 10.0. The first-order valence-electron chi connectivity index (χ1n) is 13.9. The van der Waals surface area contributed by atoms with Gasteiger partial charge in [0.2, 0.25) is 17.7 Å². The molecule has 0 amide bonds. The number of oxazole rings is 1. The van der Waals surface area contributed by atoms with Gasteiger partial charge in [0.25, 0.3) is 0 Å². The maximum Gasteiger partial charge on any atom is 0.349 e. The number of hydrogen-bond donors (Lipinski definition) is 0. The average Bonchev–Trinajstić information content (AvgIpc) is 3.47. The SMILES string of the molecule is CCOC(=O)C(C)(C)Oc1c(C)cc(CN(Cc2nnc(C)o2)Cc2nc(-c3ccc(C)c(C)c3)oc2C)cc1C. The third kappa shape index (κ3) is 7.21. The van der Waals surface area contributed by atoms with Gasteiger partial charge in [0.15, 0.2) is 5.60 Å². The third-order valence-corrected chi connectivity index (χ3v) is 7.00.